The number of aliphatic hydroxyl groups excluding tert-OH is 2. The number of non-ortho nitro benzene ring substituents is 1. The standard InChI is InChI=1S/C51H55N3O13/c1-3-23-64-51-47(53(50(58)61-2)29-34-15-19-45-46(25-34)63-32-62-45)28-43(52-65-31-33-13-16-37(17-14-33)54(59)60)41-26-36(10-4-6-21-55)40(12-5-7-22-56)48(49(41)51)42-27-39(18-20-44(42)67-51)66-38-11-8-9-35(24-38)30-57/h3,8-9,11,13-20,24-27,30,36,40,47-49,55-56H,1,4-7,10,12,21-23,28-29,31-32H2,2H3. The molecule has 8 rings (SSSR count). The van der Waals surface area contributed by atoms with E-state index < -0.39 is 28.8 Å². The second-order valence-electron chi connectivity index (χ2n) is 17.0. The summed E-state index contributed by atoms with van der Waals surface area (Å²) in [6.45, 7) is 4.25. The third-order valence-electron chi connectivity index (χ3n) is 13.0. The minimum absolute atomic E-state index is 0.00138. The zero-order chi connectivity index (χ0) is 46.9. The van der Waals surface area contributed by atoms with Gasteiger partial charge in [-0.25, -0.2) is 4.79 Å². The van der Waals surface area contributed by atoms with Crippen LogP contribution in [-0.4, -0.2) is 83.7 Å². The maximum absolute atomic E-state index is 14.4. The minimum atomic E-state index is -1.58. The van der Waals surface area contributed by atoms with Gasteiger partial charge in [0.2, 0.25) is 12.6 Å². The predicted octanol–water partition coefficient (Wildman–Crippen LogP) is 9.03. The Labute approximate surface area is 388 Å². The summed E-state index contributed by atoms with van der Waals surface area (Å²) in [4.78, 5) is 44.8. The van der Waals surface area contributed by atoms with Gasteiger partial charge in [0.05, 0.1) is 30.3 Å². The van der Waals surface area contributed by atoms with Crippen molar-refractivity contribution >= 4 is 23.8 Å². The largest absolute Gasteiger partial charge is 0.459 e. The van der Waals surface area contributed by atoms with Gasteiger partial charge in [0.1, 0.15) is 36.2 Å². The highest BCUT2D eigenvalue weighted by atomic mass is 16.7. The first-order chi connectivity index (χ1) is 32.7. The molecule has 4 aromatic rings. The highest BCUT2D eigenvalue weighted by Crippen LogP contribution is 2.62. The fourth-order valence-corrected chi connectivity index (χ4v) is 10.1. The normalized spacial score (nSPS) is 22.6. The van der Waals surface area contributed by atoms with Crippen molar-refractivity contribution in [3.63, 3.8) is 0 Å². The molecule has 4 aromatic carbocycles. The Morgan fingerprint density at radius 1 is 0.940 bits per heavy atom. The number of oxime groups is 1. The second-order valence-corrected chi connectivity index (χ2v) is 17.0. The number of aliphatic hydroxyl groups is 2. The van der Waals surface area contributed by atoms with Crippen LogP contribution in [0.5, 0.6) is 28.7 Å². The molecule has 1 fully saturated rings. The molecular formula is C51H55N3O13. The van der Waals surface area contributed by atoms with Crippen LogP contribution in [-0.2, 0) is 27.5 Å². The predicted molar refractivity (Wildman–Crippen MR) is 245 cm³/mol. The van der Waals surface area contributed by atoms with E-state index in [2.05, 4.69) is 12.7 Å². The third-order valence-corrected chi connectivity index (χ3v) is 13.0. The Morgan fingerprint density at radius 3 is 2.43 bits per heavy atom. The van der Waals surface area contributed by atoms with Crippen molar-refractivity contribution in [1.29, 1.82) is 0 Å². The van der Waals surface area contributed by atoms with Crippen molar-refractivity contribution < 1.29 is 58.0 Å². The molecule has 4 aliphatic rings. The zero-order valence-corrected chi connectivity index (χ0v) is 37.3. The molecule has 0 spiro atoms. The van der Waals surface area contributed by atoms with Gasteiger partial charge in [0, 0.05) is 55.4 Å². The molecule has 6 unspecified atom stereocenters. The van der Waals surface area contributed by atoms with Gasteiger partial charge in [-0.15, -0.1) is 6.58 Å². The Morgan fingerprint density at radius 2 is 1.69 bits per heavy atom. The number of allylic oxidation sites excluding steroid dienone is 1. The molecule has 0 radical (unpaired) electrons. The van der Waals surface area contributed by atoms with Crippen LogP contribution in [0.25, 0.3) is 0 Å². The summed E-state index contributed by atoms with van der Waals surface area (Å²) in [5.74, 6) is -0.0354. The van der Waals surface area contributed by atoms with E-state index >= 15 is 0 Å². The van der Waals surface area contributed by atoms with E-state index in [1.807, 2.05) is 24.3 Å². The van der Waals surface area contributed by atoms with Crippen LogP contribution in [0.2, 0.25) is 0 Å². The molecular weight excluding hydrogens is 863 g/mol. The number of hydrogen-bond donors (Lipinski definition) is 2. The number of amides is 1. The molecule has 1 saturated carbocycles. The lowest BCUT2D eigenvalue weighted by atomic mass is 9.55. The highest BCUT2D eigenvalue weighted by Gasteiger charge is 2.65. The van der Waals surface area contributed by atoms with Gasteiger partial charge >= 0.3 is 6.09 Å². The number of aldehydes is 1. The van der Waals surface area contributed by atoms with Crippen molar-refractivity contribution in [2.45, 2.75) is 75.8 Å². The van der Waals surface area contributed by atoms with Gasteiger partial charge < -0.3 is 43.5 Å². The summed E-state index contributed by atoms with van der Waals surface area (Å²) in [5, 5.41) is 36.2. The van der Waals surface area contributed by atoms with Crippen LogP contribution >= 0.6 is 0 Å². The van der Waals surface area contributed by atoms with Crippen LogP contribution in [0.3, 0.4) is 0 Å². The summed E-state index contributed by atoms with van der Waals surface area (Å²) in [7, 11) is 1.32. The molecule has 2 aliphatic carbocycles. The smallest absolute Gasteiger partial charge is 0.410 e. The Bertz CT molecular complexity index is 2490. The molecule has 16 heteroatoms. The molecule has 67 heavy (non-hydrogen) atoms. The van der Waals surface area contributed by atoms with E-state index in [9.17, 15) is 29.9 Å². The minimum Gasteiger partial charge on any atom is -0.459 e. The first kappa shape index (κ1) is 46.8. The monoisotopic (exact) mass is 917 g/mol. The average molecular weight is 918 g/mol. The molecule has 6 atom stereocenters. The molecule has 16 nitrogen and oxygen atoms in total. The molecule has 0 saturated heterocycles. The van der Waals surface area contributed by atoms with Crippen LogP contribution in [0.15, 0.2) is 114 Å². The van der Waals surface area contributed by atoms with Gasteiger partial charge in [-0.05, 0) is 109 Å². The van der Waals surface area contributed by atoms with E-state index in [1.165, 1.54) is 19.2 Å². The topological polar surface area (TPSA) is 198 Å². The molecule has 2 aliphatic heterocycles. The molecule has 1 amide bonds. The van der Waals surface area contributed by atoms with Gasteiger partial charge in [-0.1, -0.05) is 48.3 Å². The van der Waals surface area contributed by atoms with Crippen molar-refractivity contribution in [2.24, 2.45) is 22.9 Å². The van der Waals surface area contributed by atoms with Crippen molar-refractivity contribution in [3.05, 3.63) is 142 Å². The Balaban J connectivity index is 1.32. The number of nitro benzene ring substituents is 1. The summed E-state index contributed by atoms with van der Waals surface area (Å²) in [5.41, 5.74) is 4.00. The molecule has 352 valence electrons. The highest BCUT2D eigenvalue weighted by molar-refractivity contribution is 6.03. The summed E-state index contributed by atoms with van der Waals surface area (Å²) >= 11 is 0. The second kappa shape index (κ2) is 21.3. The lowest BCUT2D eigenvalue weighted by Gasteiger charge is -2.59. The molecule has 2 N–H and O–H groups in total. The number of rotatable bonds is 21. The number of hydrogen-bond acceptors (Lipinski definition) is 14. The van der Waals surface area contributed by atoms with E-state index in [-0.39, 0.29) is 69.6 Å². The lowest BCUT2D eigenvalue weighted by molar-refractivity contribution is -0.384. The fourth-order valence-electron chi connectivity index (χ4n) is 10.1. The summed E-state index contributed by atoms with van der Waals surface area (Å²) < 4.78 is 37.7. The van der Waals surface area contributed by atoms with Crippen molar-refractivity contribution in [2.75, 3.05) is 33.7 Å². The molecule has 2 heterocycles. The summed E-state index contributed by atoms with van der Waals surface area (Å²) in [6.07, 6.45) is 8.19. The van der Waals surface area contributed by atoms with Crippen molar-refractivity contribution in [1.82, 2.24) is 4.90 Å². The number of carbonyl (C=O) groups excluding carboxylic acids is 2. The van der Waals surface area contributed by atoms with E-state index in [4.69, 9.17) is 38.4 Å². The number of nitro groups is 1. The third kappa shape index (κ3) is 10.0. The Kier molecular flexibility index (Phi) is 14.8. The van der Waals surface area contributed by atoms with Crippen LogP contribution in [0.1, 0.15) is 77.9 Å². The van der Waals surface area contributed by atoms with Crippen LogP contribution in [0, 0.1) is 27.9 Å². The van der Waals surface area contributed by atoms with Gasteiger partial charge in [0.15, 0.2) is 11.5 Å². The maximum Gasteiger partial charge on any atom is 0.410 e. The number of unbranched alkanes of at least 4 members (excludes halogenated alkanes) is 2. The van der Waals surface area contributed by atoms with Crippen molar-refractivity contribution in [3.8, 4) is 28.7 Å². The van der Waals surface area contributed by atoms with E-state index in [1.54, 1.807) is 59.5 Å². The summed E-state index contributed by atoms with van der Waals surface area (Å²) in [6, 6.07) is 23.1. The maximum atomic E-state index is 14.4. The lowest BCUT2D eigenvalue weighted by Crippen LogP contribution is -2.70. The van der Waals surface area contributed by atoms with E-state index in [0.29, 0.717) is 64.8 Å². The van der Waals surface area contributed by atoms with Crippen LogP contribution < -0.4 is 18.9 Å². The van der Waals surface area contributed by atoms with Gasteiger partial charge in [0.25, 0.3) is 5.69 Å². The number of carbonyl (C=O) groups is 2. The molecule has 0 bridgehead atoms. The fraction of sp³-hybridized carbons (Fsp3) is 0.392. The number of methoxy groups -OCH3 is 1. The number of ether oxygens (including phenoxy) is 6. The van der Waals surface area contributed by atoms with Crippen LogP contribution in [0.4, 0.5) is 10.5 Å². The SMILES string of the molecule is C=CCOC12Oc3ccc(Oc4cccc(C=O)c4)cc3C3C(CCCCO)C(CCCCO)C=C(C(=NOCc4ccc([N+](=O)[O-])cc4)CC1N(Cc1ccc4c(c1)OCO4)C(=O)OC)C32. The molecule has 0 aromatic heterocycles. The van der Waals surface area contributed by atoms with E-state index in [0.717, 1.165) is 42.2 Å². The number of benzene rings is 4. The first-order valence-electron chi connectivity index (χ1n) is 22.6. The Hall–Kier alpha value is -6.75. The quantitative estimate of drug-likeness (QED) is 0.0264. The van der Waals surface area contributed by atoms with Gasteiger partial charge in [-0.3, -0.25) is 19.8 Å². The average Bonchev–Trinajstić information content (AvgIpc) is 3.82. The number of fused-ring (bicyclic) bond motifs is 3. The number of nitrogens with zero attached hydrogens (tertiary/aromatic N) is 3. The first-order valence-corrected chi connectivity index (χ1v) is 22.6. The van der Waals surface area contributed by atoms with Gasteiger partial charge in [-0.2, -0.15) is 0 Å². The zero-order valence-electron chi connectivity index (χ0n) is 37.3.